The van der Waals surface area contributed by atoms with Crippen LogP contribution in [0.25, 0.3) is 5.69 Å². The molecular formula is C14H15NOS. The fourth-order valence-electron chi connectivity index (χ4n) is 1.98. The van der Waals surface area contributed by atoms with Crippen LogP contribution in [0.15, 0.2) is 42.7 Å². The molecule has 0 unspecified atom stereocenters. The van der Waals surface area contributed by atoms with E-state index in [-0.39, 0.29) is 5.44 Å². The van der Waals surface area contributed by atoms with E-state index in [4.69, 9.17) is 4.74 Å². The molecule has 0 aliphatic carbocycles. The van der Waals surface area contributed by atoms with Crippen LogP contribution in [0.3, 0.4) is 0 Å². The summed E-state index contributed by atoms with van der Waals surface area (Å²) in [5.41, 5.74) is 3.97. The first kappa shape index (κ1) is 10.9. The molecule has 1 aliphatic rings. The SMILES string of the molecule is Cc1ccc(-n2ccc([C@H]3OCCS3)c2)cc1. The molecule has 1 saturated heterocycles. The second-order valence-corrected chi connectivity index (χ2v) is 5.43. The van der Waals surface area contributed by atoms with Crippen LogP contribution < -0.4 is 0 Å². The average Bonchev–Trinajstić information content (AvgIpc) is 3.00. The predicted octanol–water partition coefficient (Wildman–Crippen LogP) is 3.55. The first-order valence-electron chi connectivity index (χ1n) is 5.81. The summed E-state index contributed by atoms with van der Waals surface area (Å²) in [5.74, 6) is 1.10. The Bertz CT molecular complexity index is 497. The van der Waals surface area contributed by atoms with E-state index < -0.39 is 0 Å². The van der Waals surface area contributed by atoms with E-state index in [9.17, 15) is 0 Å². The summed E-state index contributed by atoms with van der Waals surface area (Å²) in [6.07, 6.45) is 4.26. The molecule has 0 N–H and O–H groups in total. The van der Waals surface area contributed by atoms with Crippen molar-refractivity contribution in [3.05, 3.63) is 53.9 Å². The summed E-state index contributed by atoms with van der Waals surface area (Å²) in [4.78, 5) is 0. The van der Waals surface area contributed by atoms with Crippen molar-refractivity contribution in [2.24, 2.45) is 0 Å². The van der Waals surface area contributed by atoms with E-state index in [1.54, 1.807) is 0 Å². The highest BCUT2D eigenvalue weighted by Gasteiger charge is 2.19. The molecule has 1 aliphatic heterocycles. The van der Waals surface area contributed by atoms with Crippen molar-refractivity contribution in [3.63, 3.8) is 0 Å². The quantitative estimate of drug-likeness (QED) is 0.803. The van der Waals surface area contributed by atoms with Gasteiger partial charge >= 0.3 is 0 Å². The summed E-state index contributed by atoms with van der Waals surface area (Å²) in [5, 5.41) is 0. The van der Waals surface area contributed by atoms with E-state index in [0.717, 1.165) is 12.4 Å². The predicted molar refractivity (Wildman–Crippen MR) is 71.7 cm³/mol. The highest BCUT2D eigenvalue weighted by atomic mass is 32.2. The number of thioether (sulfide) groups is 1. The standard InChI is InChI=1S/C14H15NOS/c1-11-2-4-13(5-3-11)15-7-6-12(10-15)14-16-8-9-17-14/h2-7,10,14H,8-9H2,1H3/t14-/m0/s1. The minimum atomic E-state index is 0.224. The van der Waals surface area contributed by atoms with Gasteiger partial charge in [-0.25, -0.2) is 0 Å². The van der Waals surface area contributed by atoms with Gasteiger partial charge in [-0.05, 0) is 25.1 Å². The van der Waals surface area contributed by atoms with Crippen LogP contribution in [0.1, 0.15) is 16.6 Å². The van der Waals surface area contributed by atoms with Gasteiger partial charge in [0.05, 0.1) is 6.61 Å². The lowest BCUT2D eigenvalue weighted by Gasteiger charge is -2.06. The van der Waals surface area contributed by atoms with Crippen molar-refractivity contribution in [2.75, 3.05) is 12.4 Å². The van der Waals surface area contributed by atoms with Gasteiger partial charge in [-0.1, -0.05) is 17.7 Å². The smallest absolute Gasteiger partial charge is 0.130 e. The Morgan fingerprint density at radius 1 is 1.24 bits per heavy atom. The van der Waals surface area contributed by atoms with E-state index in [0.29, 0.717) is 0 Å². The summed E-state index contributed by atoms with van der Waals surface area (Å²) >= 11 is 1.87. The Balaban J connectivity index is 1.86. The van der Waals surface area contributed by atoms with Gasteiger partial charge in [-0.15, -0.1) is 11.8 Å². The maximum Gasteiger partial charge on any atom is 0.130 e. The molecule has 1 fully saturated rings. The van der Waals surface area contributed by atoms with Crippen LogP contribution in [0.2, 0.25) is 0 Å². The lowest BCUT2D eigenvalue weighted by molar-refractivity contribution is 0.145. The van der Waals surface area contributed by atoms with Crippen molar-refractivity contribution >= 4 is 11.8 Å². The Morgan fingerprint density at radius 3 is 2.76 bits per heavy atom. The summed E-state index contributed by atoms with van der Waals surface area (Å²) < 4.78 is 7.81. The number of nitrogens with zero attached hydrogens (tertiary/aromatic N) is 1. The maximum absolute atomic E-state index is 5.66. The second-order valence-electron chi connectivity index (χ2n) is 4.26. The third-order valence-electron chi connectivity index (χ3n) is 2.94. The molecule has 17 heavy (non-hydrogen) atoms. The first-order valence-corrected chi connectivity index (χ1v) is 6.86. The first-order chi connectivity index (χ1) is 8.33. The van der Waals surface area contributed by atoms with Crippen molar-refractivity contribution in [3.8, 4) is 5.69 Å². The number of aromatic nitrogens is 1. The van der Waals surface area contributed by atoms with Gasteiger partial charge in [0.15, 0.2) is 0 Å². The third-order valence-corrected chi connectivity index (χ3v) is 4.06. The van der Waals surface area contributed by atoms with Gasteiger partial charge in [-0.2, -0.15) is 0 Å². The Kier molecular flexibility index (Phi) is 2.95. The summed E-state index contributed by atoms with van der Waals surface area (Å²) in [6, 6.07) is 10.7. The zero-order valence-corrected chi connectivity index (χ0v) is 10.6. The van der Waals surface area contributed by atoms with Gasteiger partial charge < -0.3 is 9.30 Å². The molecule has 3 heteroatoms. The number of aryl methyl sites for hydroxylation is 1. The number of hydrogen-bond donors (Lipinski definition) is 0. The molecular weight excluding hydrogens is 230 g/mol. The monoisotopic (exact) mass is 245 g/mol. The highest BCUT2D eigenvalue weighted by Crippen LogP contribution is 2.35. The van der Waals surface area contributed by atoms with Crippen LogP contribution in [-0.2, 0) is 4.74 Å². The molecule has 0 bridgehead atoms. The molecule has 3 rings (SSSR count). The van der Waals surface area contributed by atoms with Gasteiger partial charge in [0.1, 0.15) is 5.44 Å². The lowest BCUT2D eigenvalue weighted by Crippen LogP contribution is -1.92. The Morgan fingerprint density at radius 2 is 2.06 bits per heavy atom. The second kappa shape index (κ2) is 4.59. The molecule has 2 aromatic rings. The zero-order valence-electron chi connectivity index (χ0n) is 9.80. The van der Waals surface area contributed by atoms with E-state index >= 15 is 0 Å². The van der Waals surface area contributed by atoms with Gasteiger partial charge in [0.25, 0.3) is 0 Å². The number of ether oxygens (including phenoxy) is 1. The molecule has 1 atom stereocenters. The Labute approximate surface area is 106 Å². The van der Waals surface area contributed by atoms with E-state index in [2.05, 4.69) is 54.2 Å². The van der Waals surface area contributed by atoms with Crippen molar-refractivity contribution < 1.29 is 4.74 Å². The maximum atomic E-state index is 5.66. The molecule has 2 heterocycles. The normalized spacial score (nSPS) is 19.7. The fourth-order valence-corrected chi connectivity index (χ4v) is 2.91. The van der Waals surface area contributed by atoms with E-state index in [1.165, 1.54) is 16.8 Å². The van der Waals surface area contributed by atoms with Gasteiger partial charge in [0, 0.05) is 29.4 Å². The minimum Gasteiger partial charge on any atom is -0.362 e. The Hall–Kier alpha value is -1.19. The molecule has 0 spiro atoms. The van der Waals surface area contributed by atoms with Crippen molar-refractivity contribution in [1.29, 1.82) is 0 Å². The largest absolute Gasteiger partial charge is 0.362 e. The third kappa shape index (κ3) is 2.26. The van der Waals surface area contributed by atoms with Crippen LogP contribution in [-0.4, -0.2) is 16.9 Å². The van der Waals surface area contributed by atoms with Crippen molar-refractivity contribution in [1.82, 2.24) is 4.57 Å². The number of rotatable bonds is 2. The van der Waals surface area contributed by atoms with Crippen LogP contribution in [0.5, 0.6) is 0 Å². The minimum absolute atomic E-state index is 0.224. The molecule has 2 nitrogen and oxygen atoms in total. The number of benzene rings is 1. The highest BCUT2D eigenvalue weighted by molar-refractivity contribution is 7.99. The molecule has 88 valence electrons. The van der Waals surface area contributed by atoms with Crippen LogP contribution >= 0.6 is 11.8 Å². The summed E-state index contributed by atoms with van der Waals surface area (Å²) in [6.45, 7) is 2.97. The molecule has 1 aromatic carbocycles. The van der Waals surface area contributed by atoms with Gasteiger partial charge in [-0.3, -0.25) is 0 Å². The molecule has 1 aromatic heterocycles. The van der Waals surface area contributed by atoms with E-state index in [1.807, 2.05) is 11.8 Å². The lowest BCUT2D eigenvalue weighted by atomic mass is 10.2. The molecule has 0 radical (unpaired) electrons. The molecule has 0 amide bonds. The van der Waals surface area contributed by atoms with Crippen molar-refractivity contribution in [2.45, 2.75) is 12.4 Å². The zero-order chi connectivity index (χ0) is 11.7. The molecule has 0 saturated carbocycles. The average molecular weight is 245 g/mol. The van der Waals surface area contributed by atoms with Crippen LogP contribution in [0.4, 0.5) is 0 Å². The number of hydrogen-bond acceptors (Lipinski definition) is 2. The van der Waals surface area contributed by atoms with Crippen LogP contribution in [0, 0.1) is 6.92 Å². The summed E-state index contributed by atoms with van der Waals surface area (Å²) in [7, 11) is 0. The fraction of sp³-hybridized carbons (Fsp3) is 0.286. The van der Waals surface area contributed by atoms with Gasteiger partial charge in [0.2, 0.25) is 0 Å². The topological polar surface area (TPSA) is 14.2 Å².